The van der Waals surface area contributed by atoms with E-state index in [1.54, 1.807) is 6.20 Å². The Bertz CT molecular complexity index is 505. The van der Waals surface area contributed by atoms with Gasteiger partial charge < -0.3 is 10.6 Å². The van der Waals surface area contributed by atoms with Crippen molar-refractivity contribution in [1.82, 2.24) is 4.98 Å². The maximum absolute atomic E-state index is 4.20. The minimum atomic E-state index is 0.276. The molecule has 1 aromatic carbocycles. The van der Waals surface area contributed by atoms with E-state index in [2.05, 4.69) is 53.7 Å². The van der Waals surface area contributed by atoms with Gasteiger partial charge in [-0.1, -0.05) is 29.8 Å². The smallest absolute Gasteiger partial charge is 0.127 e. The molecule has 94 valence electrons. The lowest BCUT2D eigenvalue weighted by Crippen LogP contribution is -2.07. The molecular weight excluding hydrogens is 222 g/mol. The first kappa shape index (κ1) is 12.4. The highest BCUT2D eigenvalue weighted by molar-refractivity contribution is 5.52. The van der Waals surface area contributed by atoms with Crippen molar-refractivity contribution in [2.24, 2.45) is 0 Å². The van der Waals surface area contributed by atoms with Gasteiger partial charge in [0.05, 0.1) is 0 Å². The second-order valence-corrected chi connectivity index (χ2v) is 4.46. The van der Waals surface area contributed by atoms with Crippen molar-refractivity contribution < 1.29 is 0 Å². The van der Waals surface area contributed by atoms with Crippen molar-refractivity contribution >= 4 is 11.5 Å². The molecule has 2 rings (SSSR count). The van der Waals surface area contributed by atoms with Crippen molar-refractivity contribution in [3.63, 3.8) is 0 Å². The standard InChI is InChI=1S/C15H19N3/c1-11-4-6-13(7-5-11)12(2)18-14-8-9-17-15(10-14)16-3/h4-10,12H,1-3H3,(H2,16,17,18). The van der Waals surface area contributed by atoms with Gasteiger partial charge in [0.1, 0.15) is 5.82 Å². The van der Waals surface area contributed by atoms with Gasteiger partial charge in [0.25, 0.3) is 0 Å². The van der Waals surface area contributed by atoms with Crippen LogP contribution in [0.1, 0.15) is 24.1 Å². The highest BCUT2D eigenvalue weighted by Gasteiger charge is 2.05. The molecule has 0 fully saturated rings. The summed E-state index contributed by atoms with van der Waals surface area (Å²) in [7, 11) is 1.87. The average molecular weight is 241 g/mol. The molecule has 0 spiro atoms. The second kappa shape index (κ2) is 5.54. The molecule has 1 aromatic heterocycles. The Morgan fingerprint density at radius 1 is 1.11 bits per heavy atom. The second-order valence-electron chi connectivity index (χ2n) is 4.46. The van der Waals surface area contributed by atoms with Gasteiger partial charge in [0, 0.05) is 31.0 Å². The molecule has 0 saturated heterocycles. The maximum atomic E-state index is 4.20. The van der Waals surface area contributed by atoms with E-state index in [4.69, 9.17) is 0 Å². The van der Waals surface area contributed by atoms with Gasteiger partial charge in [-0.15, -0.1) is 0 Å². The molecule has 3 heteroatoms. The predicted molar refractivity (Wildman–Crippen MR) is 77.0 cm³/mol. The summed E-state index contributed by atoms with van der Waals surface area (Å²) < 4.78 is 0. The fraction of sp³-hybridized carbons (Fsp3) is 0.267. The number of hydrogen-bond donors (Lipinski definition) is 2. The first-order valence-electron chi connectivity index (χ1n) is 6.16. The van der Waals surface area contributed by atoms with E-state index < -0.39 is 0 Å². The van der Waals surface area contributed by atoms with E-state index in [0.29, 0.717) is 0 Å². The molecule has 0 amide bonds. The van der Waals surface area contributed by atoms with Crippen LogP contribution in [-0.4, -0.2) is 12.0 Å². The van der Waals surface area contributed by atoms with Crippen LogP contribution >= 0.6 is 0 Å². The van der Waals surface area contributed by atoms with E-state index in [-0.39, 0.29) is 6.04 Å². The Labute approximate surface area is 108 Å². The molecule has 0 bridgehead atoms. The minimum absolute atomic E-state index is 0.276. The van der Waals surface area contributed by atoms with Crippen LogP contribution in [0, 0.1) is 6.92 Å². The first-order chi connectivity index (χ1) is 8.69. The number of aromatic nitrogens is 1. The Kier molecular flexibility index (Phi) is 3.82. The lowest BCUT2D eigenvalue weighted by atomic mass is 10.1. The monoisotopic (exact) mass is 241 g/mol. The molecule has 3 nitrogen and oxygen atoms in total. The normalized spacial score (nSPS) is 11.9. The summed E-state index contributed by atoms with van der Waals surface area (Å²) in [5.41, 5.74) is 3.64. The third kappa shape index (κ3) is 3.00. The number of nitrogens with zero attached hydrogens (tertiary/aromatic N) is 1. The molecule has 0 aliphatic heterocycles. The third-order valence-corrected chi connectivity index (χ3v) is 2.98. The topological polar surface area (TPSA) is 37.0 Å². The number of nitrogens with one attached hydrogen (secondary N) is 2. The van der Waals surface area contributed by atoms with Crippen LogP contribution in [0.15, 0.2) is 42.6 Å². The molecule has 2 N–H and O–H groups in total. The van der Waals surface area contributed by atoms with Crippen LogP contribution in [0.3, 0.4) is 0 Å². The number of benzene rings is 1. The highest BCUT2D eigenvalue weighted by atomic mass is 15.0. The van der Waals surface area contributed by atoms with Gasteiger partial charge in [0.2, 0.25) is 0 Å². The van der Waals surface area contributed by atoms with Gasteiger partial charge in [-0.2, -0.15) is 0 Å². The fourth-order valence-electron chi connectivity index (χ4n) is 1.85. The third-order valence-electron chi connectivity index (χ3n) is 2.98. The van der Waals surface area contributed by atoms with Gasteiger partial charge >= 0.3 is 0 Å². The lowest BCUT2D eigenvalue weighted by molar-refractivity contribution is 0.883. The highest BCUT2D eigenvalue weighted by Crippen LogP contribution is 2.20. The Balaban J connectivity index is 2.10. The summed E-state index contributed by atoms with van der Waals surface area (Å²) in [6.45, 7) is 4.26. The quantitative estimate of drug-likeness (QED) is 0.858. The van der Waals surface area contributed by atoms with Crippen LogP contribution < -0.4 is 10.6 Å². The van der Waals surface area contributed by atoms with Crippen LogP contribution in [0.5, 0.6) is 0 Å². The zero-order valence-corrected chi connectivity index (χ0v) is 11.1. The SMILES string of the molecule is CNc1cc(NC(C)c2ccc(C)cc2)ccn1. The Hall–Kier alpha value is -2.03. The van der Waals surface area contributed by atoms with Crippen LogP contribution in [0.4, 0.5) is 11.5 Å². The van der Waals surface area contributed by atoms with Gasteiger partial charge in [-0.05, 0) is 25.5 Å². The molecule has 1 atom stereocenters. The number of pyridine rings is 1. The largest absolute Gasteiger partial charge is 0.378 e. The summed E-state index contributed by atoms with van der Waals surface area (Å²) in [6.07, 6.45) is 1.80. The molecule has 1 unspecified atom stereocenters. The zero-order chi connectivity index (χ0) is 13.0. The average Bonchev–Trinajstić information content (AvgIpc) is 2.39. The van der Waals surface area contributed by atoms with Gasteiger partial charge in [0.15, 0.2) is 0 Å². The van der Waals surface area contributed by atoms with Gasteiger partial charge in [-0.3, -0.25) is 0 Å². The van der Waals surface area contributed by atoms with Crippen molar-refractivity contribution in [3.8, 4) is 0 Å². The summed E-state index contributed by atoms with van der Waals surface area (Å²) >= 11 is 0. The van der Waals surface area contributed by atoms with E-state index in [1.165, 1.54) is 11.1 Å². The van der Waals surface area contributed by atoms with Crippen molar-refractivity contribution in [2.75, 3.05) is 17.7 Å². The van der Waals surface area contributed by atoms with E-state index in [1.807, 2.05) is 19.2 Å². The van der Waals surface area contributed by atoms with E-state index >= 15 is 0 Å². The number of anilines is 2. The molecular formula is C15H19N3. The molecule has 0 saturated carbocycles. The Morgan fingerprint density at radius 3 is 2.50 bits per heavy atom. The summed E-state index contributed by atoms with van der Waals surface area (Å²) in [5, 5.41) is 6.51. The van der Waals surface area contributed by atoms with Crippen LogP contribution in [0.25, 0.3) is 0 Å². The molecule has 0 aliphatic carbocycles. The molecule has 1 heterocycles. The predicted octanol–water partition coefficient (Wildman–Crippen LogP) is 3.60. The fourth-order valence-corrected chi connectivity index (χ4v) is 1.85. The summed E-state index contributed by atoms with van der Waals surface area (Å²) in [5.74, 6) is 0.871. The van der Waals surface area contributed by atoms with Crippen LogP contribution in [-0.2, 0) is 0 Å². The van der Waals surface area contributed by atoms with Crippen molar-refractivity contribution in [3.05, 3.63) is 53.7 Å². The van der Waals surface area contributed by atoms with Crippen molar-refractivity contribution in [2.45, 2.75) is 19.9 Å². The minimum Gasteiger partial charge on any atom is -0.378 e. The number of hydrogen-bond acceptors (Lipinski definition) is 3. The summed E-state index contributed by atoms with van der Waals surface area (Å²) in [4.78, 5) is 4.20. The zero-order valence-electron chi connectivity index (χ0n) is 11.1. The van der Waals surface area contributed by atoms with E-state index in [9.17, 15) is 0 Å². The summed E-state index contributed by atoms with van der Waals surface area (Å²) in [6, 6.07) is 12.9. The Morgan fingerprint density at radius 2 is 1.83 bits per heavy atom. The molecule has 0 aliphatic rings. The molecule has 0 radical (unpaired) electrons. The van der Waals surface area contributed by atoms with E-state index in [0.717, 1.165) is 11.5 Å². The number of aryl methyl sites for hydroxylation is 1. The van der Waals surface area contributed by atoms with Gasteiger partial charge in [-0.25, -0.2) is 4.98 Å². The van der Waals surface area contributed by atoms with Crippen LogP contribution in [0.2, 0.25) is 0 Å². The van der Waals surface area contributed by atoms with Crippen molar-refractivity contribution in [1.29, 1.82) is 0 Å². The molecule has 2 aromatic rings. The molecule has 18 heavy (non-hydrogen) atoms. The maximum Gasteiger partial charge on any atom is 0.127 e. The lowest BCUT2D eigenvalue weighted by Gasteiger charge is -2.16. The number of rotatable bonds is 4. The first-order valence-corrected chi connectivity index (χ1v) is 6.16.